The fraction of sp³-hybridized carbons (Fsp3) is 0.524. The summed E-state index contributed by atoms with van der Waals surface area (Å²) in [7, 11) is 0. The molecule has 7 heteroatoms. The molecule has 1 aromatic carbocycles. The number of urea groups is 1. The van der Waals surface area contributed by atoms with Crippen molar-refractivity contribution < 1.29 is 4.79 Å². The Morgan fingerprint density at radius 2 is 2.07 bits per heavy atom. The molecule has 2 heterocycles. The molecule has 1 unspecified atom stereocenters. The number of hydrogen-bond acceptors (Lipinski definition) is 4. The van der Waals surface area contributed by atoms with E-state index in [1.165, 1.54) is 18.5 Å². The molecule has 28 heavy (non-hydrogen) atoms. The van der Waals surface area contributed by atoms with Crippen LogP contribution in [0.2, 0.25) is 5.02 Å². The number of aryl methyl sites for hydroxylation is 1. The quantitative estimate of drug-likeness (QED) is 0.776. The Labute approximate surface area is 175 Å². The van der Waals surface area contributed by atoms with Crippen LogP contribution in [0.5, 0.6) is 0 Å². The van der Waals surface area contributed by atoms with E-state index in [0.717, 1.165) is 47.3 Å². The number of carbonyl (C=O) groups is 1. The lowest BCUT2D eigenvalue weighted by Crippen LogP contribution is -2.44. The Hall–Kier alpha value is -1.79. The van der Waals surface area contributed by atoms with Crippen molar-refractivity contribution >= 4 is 34.7 Å². The third kappa shape index (κ3) is 4.28. The van der Waals surface area contributed by atoms with Crippen molar-refractivity contribution in [2.75, 3.05) is 31.1 Å². The van der Waals surface area contributed by atoms with Crippen LogP contribution in [0.15, 0.2) is 23.6 Å². The van der Waals surface area contributed by atoms with Gasteiger partial charge in [-0.05, 0) is 56.7 Å². The topological polar surface area (TPSA) is 48.5 Å². The van der Waals surface area contributed by atoms with E-state index in [2.05, 4.69) is 33.6 Å². The minimum absolute atomic E-state index is 0.0365. The van der Waals surface area contributed by atoms with Crippen molar-refractivity contribution in [1.82, 2.24) is 15.2 Å². The number of anilines is 1. The molecule has 4 rings (SSSR count). The van der Waals surface area contributed by atoms with Gasteiger partial charge in [-0.1, -0.05) is 17.7 Å². The van der Waals surface area contributed by atoms with Crippen molar-refractivity contribution in [2.45, 2.75) is 39.2 Å². The van der Waals surface area contributed by atoms with E-state index in [9.17, 15) is 4.79 Å². The summed E-state index contributed by atoms with van der Waals surface area (Å²) in [5, 5.41) is 7.17. The summed E-state index contributed by atoms with van der Waals surface area (Å²) in [6.07, 6.45) is 3.29. The highest BCUT2D eigenvalue weighted by molar-refractivity contribution is 7.09. The van der Waals surface area contributed by atoms with Gasteiger partial charge in [0.15, 0.2) is 0 Å². The third-order valence-corrected chi connectivity index (χ3v) is 7.09. The van der Waals surface area contributed by atoms with Crippen LogP contribution in [0.4, 0.5) is 10.5 Å². The summed E-state index contributed by atoms with van der Waals surface area (Å²) in [6, 6.07) is 6.13. The minimum Gasteiger partial charge on any atom is -0.369 e. The average Bonchev–Trinajstić information content (AvgIpc) is 3.46. The van der Waals surface area contributed by atoms with Crippen molar-refractivity contribution in [2.24, 2.45) is 5.92 Å². The van der Waals surface area contributed by atoms with Crippen LogP contribution in [-0.2, 0) is 0 Å². The Morgan fingerprint density at radius 3 is 2.79 bits per heavy atom. The lowest BCUT2D eigenvalue weighted by atomic mass is 10.1. The molecule has 1 aromatic heterocycles. The average molecular weight is 419 g/mol. The second-order valence-corrected chi connectivity index (χ2v) is 9.10. The molecule has 0 spiro atoms. The van der Waals surface area contributed by atoms with Crippen LogP contribution < -0.4 is 10.2 Å². The largest absolute Gasteiger partial charge is 0.369 e. The summed E-state index contributed by atoms with van der Waals surface area (Å²) >= 11 is 7.95. The van der Waals surface area contributed by atoms with E-state index in [1.807, 2.05) is 24.0 Å². The van der Waals surface area contributed by atoms with Gasteiger partial charge in [0.2, 0.25) is 0 Å². The third-order valence-electron chi connectivity index (χ3n) is 5.64. The number of benzene rings is 1. The molecule has 1 aliphatic carbocycles. The summed E-state index contributed by atoms with van der Waals surface area (Å²) in [5.74, 6) is 0.534. The molecule has 2 aromatic rings. The van der Waals surface area contributed by atoms with Gasteiger partial charge < -0.3 is 15.1 Å². The van der Waals surface area contributed by atoms with Gasteiger partial charge >= 0.3 is 6.03 Å². The zero-order valence-electron chi connectivity index (χ0n) is 16.4. The van der Waals surface area contributed by atoms with E-state index >= 15 is 0 Å². The highest BCUT2D eigenvalue weighted by Crippen LogP contribution is 2.42. The number of rotatable bonds is 4. The Kier molecular flexibility index (Phi) is 5.78. The van der Waals surface area contributed by atoms with Gasteiger partial charge in [0, 0.05) is 48.0 Å². The fourth-order valence-corrected chi connectivity index (χ4v) is 4.96. The summed E-state index contributed by atoms with van der Waals surface area (Å²) in [5.41, 5.74) is 3.31. The lowest BCUT2D eigenvalue weighted by Gasteiger charge is -2.26. The Balaban J connectivity index is 1.41. The molecule has 1 aliphatic heterocycles. The molecular formula is C21H27ClN4OS. The number of thiazole rings is 1. The molecule has 2 amide bonds. The molecule has 0 radical (unpaired) electrons. The van der Waals surface area contributed by atoms with Crippen LogP contribution in [0.3, 0.4) is 0 Å². The predicted octanol–water partition coefficient (Wildman–Crippen LogP) is 4.79. The highest BCUT2D eigenvalue weighted by Gasteiger charge is 2.36. The van der Waals surface area contributed by atoms with E-state index in [4.69, 9.17) is 11.6 Å². The van der Waals surface area contributed by atoms with Gasteiger partial charge in [-0.15, -0.1) is 11.3 Å². The highest BCUT2D eigenvalue weighted by atomic mass is 35.5. The summed E-state index contributed by atoms with van der Waals surface area (Å²) in [4.78, 5) is 21.9. The van der Waals surface area contributed by atoms with E-state index in [-0.39, 0.29) is 12.1 Å². The normalized spacial score (nSPS) is 18.7. The molecule has 1 atom stereocenters. The van der Waals surface area contributed by atoms with Crippen LogP contribution in [0.25, 0.3) is 0 Å². The number of halogens is 1. The van der Waals surface area contributed by atoms with Gasteiger partial charge in [0.1, 0.15) is 5.01 Å². The number of amides is 2. The molecular weight excluding hydrogens is 392 g/mol. The second kappa shape index (κ2) is 8.29. The Bertz CT molecular complexity index is 851. The van der Waals surface area contributed by atoms with Crippen LogP contribution in [0, 0.1) is 19.8 Å². The van der Waals surface area contributed by atoms with Crippen LogP contribution >= 0.6 is 22.9 Å². The number of nitrogens with one attached hydrogen (secondary N) is 1. The van der Waals surface area contributed by atoms with Gasteiger partial charge in [-0.2, -0.15) is 0 Å². The SMILES string of the molecule is Cc1csc(C(NC(=O)N2CCCN(c3cccc(Cl)c3C)CC2)C2CC2)n1. The van der Waals surface area contributed by atoms with E-state index in [1.54, 1.807) is 11.3 Å². The molecule has 150 valence electrons. The van der Waals surface area contributed by atoms with Gasteiger partial charge in [0.05, 0.1) is 6.04 Å². The van der Waals surface area contributed by atoms with Gasteiger partial charge in [0.25, 0.3) is 0 Å². The number of hydrogen-bond donors (Lipinski definition) is 1. The molecule has 0 bridgehead atoms. The smallest absolute Gasteiger partial charge is 0.318 e. The van der Waals surface area contributed by atoms with E-state index in [0.29, 0.717) is 12.5 Å². The van der Waals surface area contributed by atoms with Crippen molar-refractivity contribution in [1.29, 1.82) is 0 Å². The molecule has 2 fully saturated rings. The van der Waals surface area contributed by atoms with Crippen LogP contribution in [-0.4, -0.2) is 42.1 Å². The number of nitrogens with zero attached hydrogens (tertiary/aromatic N) is 3. The maximum absolute atomic E-state index is 13.0. The zero-order chi connectivity index (χ0) is 19.7. The second-order valence-electron chi connectivity index (χ2n) is 7.80. The molecule has 2 aliphatic rings. The van der Waals surface area contributed by atoms with Gasteiger partial charge in [-0.3, -0.25) is 0 Å². The van der Waals surface area contributed by atoms with Crippen molar-refractivity contribution in [3.8, 4) is 0 Å². The summed E-state index contributed by atoms with van der Waals surface area (Å²) in [6.45, 7) is 7.31. The predicted molar refractivity (Wildman–Crippen MR) is 115 cm³/mol. The van der Waals surface area contributed by atoms with Crippen molar-refractivity contribution in [3.63, 3.8) is 0 Å². The first kappa shape index (κ1) is 19.5. The molecule has 1 N–H and O–H groups in total. The maximum Gasteiger partial charge on any atom is 0.318 e. The van der Waals surface area contributed by atoms with Crippen LogP contribution in [0.1, 0.15) is 41.6 Å². The Morgan fingerprint density at radius 1 is 1.25 bits per heavy atom. The first-order valence-corrected chi connectivity index (χ1v) is 11.3. The lowest BCUT2D eigenvalue weighted by molar-refractivity contribution is 0.195. The zero-order valence-corrected chi connectivity index (χ0v) is 18.0. The number of aromatic nitrogens is 1. The van der Waals surface area contributed by atoms with E-state index < -0.39 is 0 Å². The molecule has 1 saturated carbocycles. The first-order chi connectivity index (χ1) is 13.5. The molecule has 5 nitrogen and oxygen atoms in total. The van der Waals surface area contributed by atoms with Gasteiger partial charge in [-0.25, -0.2) is 9.78 Å². The van der Waals surface area contributed by atoms with Crippen molar-refractivity contribution in [3.05, 3.63) is 44.9 Å². The minimum atomic E-state index is 0.0365. The fourth-order valence-electron chi connectivity index (χ4n) is 3.85. The first-order valence-electron chi connectivity index (χ1n) is 10.0. The monoisotopic (exact) mass is 418 g/mol. The number of carbonyl (C=O) groups excluding carboxylic acids is 1. The maximum atomic E-state index is 13.0. The molecule has 1 saturated heterocycles. The summed E-state index contributed by atoms with van der Waals surface area (Å²) < 4.78 is 0. The standard InChI is InChI=1S/C21H27ClN4OS/c1-14-13-28-20(23-14)19(16-7-8-16)24-21(27)26-10-4-9-25(11-12-26)18-6-3-5-17(22)15(18)2/h3,5-6,13,16,19H,4,7-12H2,1-2H3,(H,24,27).